The van der Waals surface area contributed by atoms with Gasteiger partial charge in [-0.2, -0.15) is 0 Å². The highest BCUT2D eigenvalue weighted by molar-refractivity contribution is 5.80. The summed E-state index contributed by atoms with van der Waals surface area (Å²) in [6.07, 6.45) is -0.652. The number of rotatable bonds is 5. The minimum atomic E-state index is -2.92. The van der Waals surface area contributed by atoms with Crippen molar-refractivity contribution in [2.24, 2.45) is 11.7 Å². The molecule has 1 aliphatic rings. The highest BCUT2D eigenvalue weighted by Crippen LogP contribution is 2.48. The number of carboxylic acids is 1. The number of aliphatic hydroxyl groups is 1. The summed E-state index contributed by atoms with van der Waals surface area (Å²) < 4.78 is 26.9. The molecule has 4 N–H and O–H groups in total. The first-order valence-electron chi connectivity index (χ1n) is 6.93. The zero-order valence-corrected chi connectivity index (χ0v) is 11.6. The molecule has 1 aromatic rings. The van der Waals surface area contributed by atoms with Gasteiger partial charge in [-0.25, -0.2) is 13.6 Å². The van der Waals surface area contributed by atoms with Crippen LogP contribution < -0.4 is 5.73 Å². The Bertz CT molecular complexity index is 535. The summed E-state index contributed by atoms with van der Waals surface area (Å²) in [4.78, 5) is 11.7. The van der Waals surface area contributed by atoms with Gasteiger partial charge < -0.3 is 15.9 Å². The summed E-state index contributed by atoms with van der Waals surface area (Å²) in [5.41, 5.74) is 3.95. The molecule has 1 aromatic carbocycles. The van der Waals surface area contributed by atoms with E-state index in [1.165, 1.54) is 6.07 Å². The third-order valence-electron chi connectivity index (χ3n) is 4.16. The Morgan fingerprint density at radius 3 is 2.62 bits per heavy atom. The topological polar surface area (TPSA) is 83.5 Å². The van der Waals surface area contributed by atoms with Crippen molar-refractivity contribution in [3.05, 3.63) is 35.4 Å². The molecule has 0 aromatic heterocycles. The van der Waals surface area contributed by atoms with Gasteiger partial charge in [-0.05, 0) is 30.5 Å². The predicted molar refractivity (Wildman–Crippen MR) is 73.0 cm³/mol. The molecule has 6 heteroatoms. The van der Waals surface area contributed by atoms with Crippen LogP contribution >= 0.6 is 0 Å². The lowest BCUT2D eigenvalue weighted by molar-refractivity contribution is -0.167. The van der Waals surface area contributed by atoms with Gasteiger partial charge in [-0.15, -0.1) is 0 Å². The van der Waals surface area contributed by atoms with E-state index in [9.17, 15) is 23.8 Å². The van der Waals surface area contributed by atoms with Crippen LogP contribution in [0.25, 0.3) is 0 Å². The monoisotopic (exact) mass is 299 g/mol. The van der Waals surface area contributed by atoms with Gasteiger partial charge >= 0.3 is 5.97 Å². The van der Waals surface area contributed by atoms with E-state index < -0.39 is 36.3 Å². The number of hydrogen-bond acceptors (Lipinski definition) is 3. The van der Waals surface area contributed by atoms with E-state index in [2.05, 4.69) is 0 Å². The lowest BCUT2D eigenvalue weighted by Crippen LogP contribution is -2.43. The molecule has 21 heavy (non-hydrogen) atoms. The largest absolute Gasteiger partial charge is 0.479 e. The number of nitrogens with two attached hydrogens (primary N) is 1. The van der Waals surface area contributed by atoms with E-state index in [0.717, 1.165) is 0 Å². The van der Waals surface area contributed by atoms with Gasteiger partial charge in [0.15, 0.2) is 5.60 Å². The molecule has 0 unspecified atom stereocenters. The maximum Gasteiger partial charge on any atom is 0.340 e. The molecule has 0 heterocycles. The number of aliphatic carboxylic acids is 1. The van der Waals surface area contributed by atoms with E-state index in [1.54, 1.807) is 18.2 Å². The standard InChI is InChI=1S/C15H19F2NO3/c16-14(17)7-5-11(9-14)15(21,13(19)20)12-4-2-1-3-10(12)6-8-18/h1-4,11,21H,5-9,18H2,(H,19,20)/t11-,15-/m1/s1. The van der Waals surface area contributed by atoms with Crippen LogP contribution in [0.2, 0.25) is 0 Å². The van der Waals surface area contributed by atoms with E-state index >= 15 is 0 Å². The second kappa shape index (κ2) is 5.69. The summed E-state index contributed by atoms with van der Waals surface area (Å²) in [5.74, 6) is -5.42. The number of benzene rings is 1. The molecular weight excluding hydrogens is 280 g/mol. The third kappa shape index (κ3) is 2.91. The van der Waals surface area contributed by atoms with E-state index in [1.807, 2.05) is 0 Å². The van der Waals surface area contributed by atoms with Gasteiger partial charge in [0.2, 0.25) is 5.92 Å². The normalized spacial score (nSPS) is 23.7. The second-order valence-corrected chi connectivity index (χ2v) is 5.56. The molecule has 0 saturated heterocycles. The first-order valence-corrected chi connectivity index (χ1v) is 6.93. The highest BCUT2D eigenvalue weighted by Gasteiger charge is 2.54. The van der Waals surface area contributed by atoms with Gasteiger partial charge in [-0.1, -0.05) is 24.3 Å². The third-order valence-corrected chi connectivity index (χ3v) is 4.16. The van der Waals surface area contributed by atoms with Gasteiger partial charge in [0, 0.05) is 18.8 Å². The number of halogens is 2. The first kappa shape index (κ1) is 15.9. The fourth-order valence-electron chi connectivity index (χ4n) is 3.08. The maximum atomic E-state index is 13.4. The van der Waals surface area contributed by atoms with Crippen LogP contribution in [-0.4, -0.2) is 28.6 Å². The smallest absolute Gasteiger partial charge is 0.340 e. The molecule has 116 valence electrons. The first-order chi connectivity index (χ1) is 9.81. The molecule has 0 spiro atoms. The Balaban J connectivity index is 2.46. The van der Waals surface area contributed by atoms with Crippen molar-refractivity contribution < 1.29 is 23.8 Å². The SMILES string of the molecule is NCCc1ccccc1[C@@](O)(C(=O)O)[C@@H]1CCC(F)(F)C1. The van der Waals surface area contributed by atoms with Crippen molar-refractivity contribution in [1.82, 2.24) is 0 Å². The molecule has 1 saturated carbocycles. The van der Waals surface area contributed by atoms with Crippen LogP contribution in [0.3, 0.4) is 0 Å². The summed E-state index contributed by atoms with van der Waals surface area (Å²) in [7, 11) is 0. The van der Waals surface area contributed by atoms with E-state index in [4.69, 9.17) is 5.73 Å². The van der Waals surface area contributed by atoms with E-state index in [-0.39, 0.29) is 18.5 Å². The number of hydrogen-bond donors (Lipinski definition) is 3. The van der Waals surface area contributed by atoms with Crippen molar-refractivity contribution in [3.63, 3.8) is 0 Å². The molecule has 1 fully saturated rings. The minimum Gasteiger partial charge on any atom is -0.479 e. The molecule has 0 amide bonds. The lowest BCUT2D eigenvalue weighted by atomic mass is 9.77. The minimum absolute atomic E-state index is 0.0211. The summed E-state index contributed by atoms with van der Waals surface area (Å²) in [6, 6.07) is 6.45. The fourth-order valence-corrected chi connectivity index (χ4v) is 3.08. The fraction of sp³-hybridized carbons (Fsp3) is 0.533. The van der Waals surface area contributed by atoms with E-state index in [0.29, 0.717) is 12.0 Å². The van der Waals surface area contributed by atoms with Crippen LogP contribution in [0.15, 0.2) is 24.3 Å². The zero-order valence-electron chi connectivity index (χ0n) is 11.6. The Labute approximate surface area is 121 Å². The van der Waals surface area contributed by atoms with Crippen molar-refractivity contribution in [2.45, 2.75) is 37.2 Å². The van der Waals surface area contributed by atoms with Crippen LogP contribution in [0.4, 0.5) is 8.78 Å². The molecule has 0 radical (unpaired) electrons. The number of carbonyl (C=O) groups is 1. The van der Waals surface area contributed by atoms with Crippen LogP contribution in [0, 0.1) is 5.92 Å². The molecule has 1 aliphatic carbocycles. The average Bonchev–Trinajstić information content (AvgIpc) is 2.79. The Hall–Kier alpha value is -1.53. The van der Waals surface area contributed by atoms with Crippen LogP contribution in [0.1, 0.15) is 30.4 Å². The van der Waals surface area contributed by atoms with Gasteiger partial charge in [0.1, 0.15) is 0 Å². The molecule has 2 rings (SSSR count). The molecule has 0 aliphatic heterocycles. The molecule has 0 bridgehead atoms. The predicted octanol–water partition coefficient (Wildman–Crippen LogP) is 1.90. The lowest BCUT2D eigenvalue weighted by Gasteiger charge is -2.32. The number of alkyl halides is 2. The van der Waals surface area contributed by atoms with Gasteiger partial charge in [-0.3, -0.25) is 0 Å². The van der Waals surface area contributed by atoms with Gasteiger partial charge in [0.05, 0.1) is 0 Å². The molecule has 2 atom stereocenters. The maximum absolute atomic E-state index is 13.4. The quantitative estimate of drug-likeness (QED) is 0.775. The highest BCUT2D eigenvalue weighted by atomic mass is 19.3. The van der Waals surface area contributed by atoms with Crippen molar-refractivity contribution >= 4 is 5.97 Å². The van der Waals surface area contributed by atoms with Crippen molar-refractivity contribution in [3.8, 4) is 0 Å². The Morgan fingerprint density at radius 1 is 1.43 bits per heavy atom. The van der Waals surface area contributed by atoms with Crippen LogP contribution in [0.5, 0.6) is 0 Å². The Kier molecular flexibility index (Phi) is 4.30. The number of carboxylic acid groups (broad SMARTS) is 1. The molecular formula is C15H19F2NO3. The van der Waals surface area contributed by atoms with Crippen molar-refractivity contribution in [1.29, 1.82) is 0 Å². The summed E-state index contributed by atoms with van der Waals surface area (Å²) >= 11 is 0. The second-order valence-electron chi connectivity index (χ2n) is 5.56. The molecule has 4 nitrogen and oxygen atoms in total. The average molecular weight is 299 g/mol. The Morgan fingerprint density at radius 2 is 2.10 bits per heavy atom. The summed E-state index contributed by atoms with van der Waals surface area (Å²) in [5, 5.41) is 20.2. The van der Waals surface area contributed by atoms with Crippen LogP contribution in [-0.2, 0) is 16.8 Å². The van der Waals surface area contributed by atoms with Crippen molar-refractivity contribution in [2.75, 3.05) is 6.54 Å². The summed E-state index contributed by atoms with van der Waals surface area (Å²) in [6.45, 7) is 0.285. The van der Waals surface area contributed by atoms with Gasteiger partial charge in [0.25, 0.3) is 0 Å². The zero-order chi connectivity index (χ0) is 15.7.